The quantitative estimate of drug-likeness (QED) is 0.775. The SMILES string of the molecule is C[C](CO)c1ccc(C2CC2)c(C)c1. The molecule has 1 fully saturated rings. The van der Waals surface area contributed by atoms with E-state index in [-0.39, 0.29) is 6.61 Å². The molecule has 1 aromatic carbocycles. The summed E-state index contributed by atoms with van der Waals surface area (Å²) in [6.07, 6.45) is 2.70. The number of aliphatic hydroxyl groups excluding tert-OH is 1. The molecule has 75 valence electrons. The number of hydrogen-bond donors (Lipinski definition) is 1. The van der Waals surface area contributed by atoms with E-state index in [0.29, 0.717) is 0 Å². The highest BCUT2D eigenvalue weighted by atomic mass is 16.3. The van der Waals surface area contributed by atoms with Gasteiger partial charge in [0, 0.05) is 5.92 Å². The first-order valence-electron chi connectivity index (χ1n) is 5.26. The molecule has 0 saturated heterocycles. The van der Waals surface area contributed by atoms with Crippen molar-refractivity contribution in [1.82, 2.24) is 0 Å². The molecule has 1 heteroatoms. The normalized spacial score (nSPS) is 16.3. The fourth-order valence-electron chi connectivity index (χ4n) is 1.88. The maximum atomic E-state index is 9.03. The number of aliphatic hydroxyl groups is 1. The van der Waals surface area contributed by atoms with Gasteiger partial charge in [-0.25, -0.2) is 0 Å². The molecule has 0 aliphatic heterocycles. The predicted molar refractivity (Wildman–Crippen MR) is 58.3 cm³/mol. The largest absolute Gasteiger partial charge is 0.395 e. The van der Waals surface area contributed by atoms with Crippen molar-refractivity contribution in [3.05, 3.63) is 40.8 Å². The van der Waals surface area contributed by atoms with E-state index in [0.717, 1.165) is 11.8 Å². The van der Waals surface area contributed by atoms with E-state index in [1.165, 1.54) is 29.5 Å². The van der Waals surface area contributed by atoms with Crippen LogP contribution in [0.1, 0.15) is 42.4 Å². The third-order valence-electron chi connectivity index (χ3n) is 3.02. The fourth-order valence-corrected chi connectivity index (χ4v) is 1.88. The van der Waals surface area contributed by atoms with Crippen LogP contribution in [-0.4, -0.2) is 11.7 Å². The summed E-state index contributed by atoms with van der Waals surface area (Å²) in [5.41, 5.74) is 4.05. The van der Waals surface area contributed by atoms with Crippen molar-refractivity contribution in [3.8, 4) is 0 Å². The average molecular weight is 189 g/mol. The zero-order valence-corrected chi connectivity index (χ0v) is 8.88. The molecule has 0 heterocycles. The zero-order valence-electron chi connectivity index (χ0n) is 8.88. The Morgan fingerprint density at radius 2 is 2.14 bits per heavy atom. The van der Waals surface area contributed by atoms with Crippen LogP contribution in [0.25, 0.3) is 0 Å². The molecule has 1 nitrogen and oxygen atoms in total. The summed E-state index contributed by atoms with van der Waals surface area (Å²) in [4.78, 5) is 0. The fraction of sp³-hybridized carbons (Fsp3) is 0.462. The van der Waals surface area contributed by atoms with Crippen molar-refractivity contribution in [2.75, 3.05) is 6.61 Å². The van der Waals surface area contributed by atoms with Crippen LogP contribution in [0.5, 0.6) is 0 Å². The molecule has 1 aliphatic rings. The molecule has 1 N–H and O–H groups in total. The lowest BCUT2D eigenvalue weighted by Crippen LogP contribution is -2.01. The second-order valence-corrected chi connectivity index (χ2v) is 4.28. The first kappa shape index (κ1) is 9.72. The van der Waals surface area contributed by atoms with Gasteiger partial charge in [-0.3, -0.25) is 0 Å². The van der Waals surface area contributed by atoms with Crippen LogP contribution in [0, 0.1) is 12.8 Å². The van der Waals surface area contributed by atoms with Crippen molar-refractivity contribution in [2.24, 2.45) is 0 Å². The van der Waals surface area contributed by atoms with Crippen LogP contribution in [0.15, 0.2) is 18.2 Å². The minimum atomic E-state index is 0.155. The smallest absolute Gasteiger partial charge is 0.0534 e. The summed E-state index contributed by atoms with van der Waals surface area (Å²) in [5.74, 6) is 1.87. The summed E-state index contributed by atoms with van der Waals surface area (Å²) >= 11 is 0. The van der Waals surface area contributed by atoms with Crippen LogP contribution in [-0.2, 0) is 0 Å². The van der Waals surface area contributed by atoms with E-state index in [9.17, 15) is 0 Å². The van der Waals surface area contributed by atoms with E-state index in [2.05, 4.69) is 25.1 Å². The van der Waals surface area contributed by atoms with Crippen molar-refractivity contribution in [3.63, 3.8) is 0 Å². The van der Waals surface area contributed by atoms with Crippen molar-refractivity contribution >= 4 is 0 Å². The van der Waals surface area contributed by atoms with Crippen molar-refractivity contribution in [2.45, 2.75) is 32.6 Å². The number of benzene rings is 1. The third kappa shape index (κ3) is 1.83. The van der Waals surface area contributed by atoms with Crippen LogP contribution in [0.3, 0.4) is 0 Å². The molecule has 1 radical (unpaired) electrons. The summed E-state index contributed by atoms with van der Waals surface area (Å²) in [5, 5.41) is 9.03. The lowest BCUT2D eigenvalue weighted by atomic mass is 9.95. The summed E-state index contributed by atoms with van der Waals surface area (Å²) in [7, 11) is 0. The molecule has 0 bridgehead atoms. The summed E-state index contributed by atoms with van der Waals surface area (Å²) < 4.78 is 0. The summed E-state index contributed by atoms with van der Waals surface area (Å²) in [6.45, 7) is 4.30. The van der Waals surface area contributed by atoms with Crippen LogP contribution < -0.4 is 0 Å². The second-order valence-electron chi connectivity index (χ2n) is 4.28. The Hall–Kier alpha value is -0.820. The Labute approximate surface area is 85.8 Å². The van der Waals surface area contributed by atoms with Gasteiger partial charge in [0.15, 0.2) is 0 Å². The van der Waals surface area contributed by atoms with Gasteiger partial charge in [-0.2, -0.15) is 0 Å². The lowest BCUT2D eigenvalue weighted by Gasteiger charge is -2.11. The second kappa shape index (κ2) is 3.74. The van der Waals surface area contributed by atoms with Crippen LogP contribution in [0.2, 0.25) is 0 Å². The van der Waals surface area contributed by atoms with E-state index in [1.807, 2.05) is 6.92 Å². The van der Waals surface area contributed by atoms with E-state index in [4.69, 9.17) is 5.11 Å². The first-order chi connectivity index (χ1) is 6.72. The van der Waals surface area contributed by atoms with Gasteiger partial charge >= 0.3 is 0 Å². The molecule has 1 aliphatic carbocycles. The third-order valence-corrected chi connectivity index (χ3v) is 3.02. The van der Waals surface area contributed by atoms with E-state index >= 15 is 0 Å². The van der Waals surface area contributed by atoms with Gasteiger partial charge < -0.3 is 5.11 Å². The molecule has 1 aromatic rings. The Balaban J connectivity index is 2.25. The molecule has 14 heavy (non-hydrogen) atoms. The monoisotopic (exact) mass is 189 g/mol. The van der Waals surface area contributed by atoms with Gasteiger partial charge in [-0.05, 0) is 42.4 Å². The predicted octanol–water partition coefficient (Wildman–Crippen LogP) is 2.81. The van der Waals surface area contributed by atoms with Crippen LogP contribution in [0.4, 0.5) is 0 Å². The van der Waals surface area contributed by atoms with Gasteiger partial charge in [0.2, 0.25) is 0 Å². The zero-order chi connectivity index (χ0) is 10.1. The molecule has 0 unspecified atom stereocenters. The maximum Gasteiger partial charge on any atom is 0.0534 e. The maximum absolute atomic E-state index is 9.03. The Kier molecular flexibility index (Phi) is 2.60. The molecule has 2 rings (SSSR count). The molecule has 1 saturated carbocycles. The minimum Gasteiger partial charge on any atom is -0.395 e. The number of rotatable bonds is 3. The van der Waals surface area contributed by atoms with Crippen molar-refractivity contribution < 1.29 is 5.11 Å². The van der Waals surface area contributed by atoms with Gasteiger partial charge in [0.05, 0.1) is 6.61 Å². The van der Waals surface area contributed by atoms with Gasteiger partial charge in [-0.15, -0.1) is 0 Å². The standard InChI is InChI=1S/C13H17O/c1-9-7-12(10(2)8-14)5-6-13(9)11-3-4-11/h5-7,11,14H,3-4,8H2,1-2H3. The number of hydrogen-bond acceptors (Lipinski definition) is 1. The Morgan fingerprint density at radius 1 is 1.43 bits per heavy atom. The molecule has 0 atom stereocenters. The van der Waals surface area contributed by atoms with Gasteiger partial charge in [0.1, 0.15) is 0 Å². The van der Waals surface area contributed by atoms with E-state index < -0.39 is 0 Å². The molecular weight excluding hydrogens is 172 g/mol. The van der Waals surface area contributed by atoms with Crippen molar-refractivity contribution in [1.29, 1.82) is 0 Å². The Morgan fingerprint density at radius 3 is 2.64 bits per heavy atom. The topological polar surface area (TPSA) is 20.2 Å². The lowest BCUT2D eigenvalue weighted by molar-refractivity contribution is 0.315. The van der Waals surface area contributed by atoms with Crippen LogP contribution >= 0.6 is 0 Å². The first-order valence-corrected chi connectivity index (χ1v) is 5.26. The van der Waals surface area contributed by atoms with E-state index in [1.54, 1.807) is 0 Å². The molecule has 0 spiro atoms. The Bertz CT molecular complexity index is 326. The number of aryl methyl sites for hydroxylation is 1. The molecular formula is C13H17O. The molecule has 0 aromatic heterocycles. The molecule has 0 amide bonds. The highest BCUT2D eigenvalue weighted by molar-refractivity contribution is 5.40. The van der Waals surface area contributed by atoms with Gasteiger partial charge in [0.25, 0.3) is 0 Å². The highest BCUT2D eigenvalue weighted by Crippen LogP contribution is 2.41. The minimum absolute atomic E-state index is 0.155. The van der Waals surface area contributed by atoms with Gasteiger partial charge in [-0.1, -0.05) is 25.1 Å². The average Bonchev–Trinajstić information content (AvgIpc) is 3.00. The highest BCUT2D eigenvalue weighted by Gasteiger charge is 2.25. The summed E-state index contributed by atoms with van der Waals surface area (Å²) in [6, 6.07) is 6.55.